The summed E-state index contributed by atoms with van der Waals surface area (Å²) >= 11 is 0. The van der Waals surface area contributed by atoms with Gasteiger partial charge in [0.2, 0.25) is 5.91 Å². The van der Waals surface area contributed by atoms with E-state index in [4.69, 9.17) is 4.74 Å². The topological polar surface area (TPSA) is 65.6 Å². The van der Waals surface area contributed by atoms with Crippen LogP contribution in [0, 0.1) is 0 Å². The average molecular weight is 315 g/mol. The zero-order chi connectivity index (χ0) is 16.2. The van der Waals surface area contributed by atoms with Crippen LogP contribution in [0.3, 0.4) is 0 Å². The first kappa shape index (κ1) is 15.4. The van der Waals surface area contributed by atoms with Gasteiger partial charge in [-0.25, -0.2) is 4.79 Å². The maximum Gasteiger partial charge on any atom is 0.409 e. The molecule has 122 valence electrons. The first-order valence-corrected chi connectivity index (χ1v) is 7.93. The van der Waals surface area contributed by atoms with Crippen LogP contribution in [0.2, 0.25) is 0 Å². The Balaban J connectivity index is 1.59. The number of carbonyl (C=O) groups is 2. The van der Waals surface area contributed by atoms with Crippen LogP contribution in [0.15, 0.2) is 30.5 Å². The molecule has 0 bridgehead atoms. The van der Waals surface area contributed by atoms with Crippen LogP contribution in [0.4, 0.5) is 4.79 Å². The molecule has 1 saturated heterocycles. The molecule has 0 atom stereocenters. The van der Waals surface area contributed by atoms with Gasteiger partial charge in [-0.3, -0.25) is 4.79 Å². The molecule has 0 radical (unpaired) electrons. The van der Waals surface area contributed by atoms with Crippen LogP contribution >= 0.6 is 0 Å². The Hall–Kier alpha value is -2.50. The molecule has 2 heterocycles. The Morgan fingerprint density at radius 3 is 2.57 bits per heavy atom. The minimum Gasteiger partial charge on any atom is -0.450 e. The predicted octanol–water partition coefficient (Wildman–Crippen LogP) is 2.01. The highest BCUT2D eigenvalue weighted by Gasteiger charge is 2.25. The van der Waals surface area contributed by atoms with Gasteiger partial charge in [-0.15, -0.1) is 0 Å². The lowest BCUT2D eigenvalue weighted by Gasteiger charge is -2.34. The second-order valence-electron chi connectivity index (χ2n) is 5.60. The second-order valence-corrected chi connectivity index (χ2v) is 5.60. The molecule has 6 nitrogen and oxygen atoms in total. The fourth-order valence-electron chi connectivity index (χ4n) is 2.91. The van der Waals surface area contributed by atoms with E-state index in [1.807, 2.05) is 35.4 Å². The molecule has 0 unspecified atom stereocenters. The quantitative estimate of drug-likeness (QED) is 0.942. The number of para-hydroxylation sites is 1. The van der Waals surface area contributed by atoms with Gasteiger partial charge in [-0.1, -0.05) is 18.2 Å². The van der Waals surface area contributed by atoms with Crippen LogP contribution < -0.4 is 0 Å². The van der Waals surface area contributed by atoms with Crippen LogP contribution in [0.1, 0.15) is 12.5 Å². The van der Waals surface area contributed by atoms with Gasteiger partial charge in [-0.05, 0) is 18.6 Å². The standard InChI is InChI=1S/C17H21N3O3/c1-2-23-17(22)20-9-7-19(8-10-20)16(21)11-13-12-18-15-6-4-3-5-14(13)15/h3-6,12,18H,2,7-11H2,1H3. The Kier molecular flexibility index (Phi) is 4.50. The van der Waals surface area contributed by atoms with Gasteiger partial charge in [0.05, 0.1) is 13.0 Å². The van der Waals surface area contributed by atoms with E-state index >= 15 is 0 Å². The molecule has 1 aromatic carbocycles. The van der Waals surface area contributed by atoms with Crippen molar-refractivity contribution in [3.05, 3.63) is 36.0 Å². The summed E-state index contributed by atoms with van der Waals surface area (Å²) in [5.41, 5.74) is 2.06. The number of hydrogen-bond donors (Lipinski definition) is 1. The number of H-pyrrole nitrogens is 1. The molecule has 1 aliphatic heterocycles. The van der Waals surface area contributed by atoms with Crippen LogP contribution in [0.5, 0.6) is 0 Å². The molecule has 1 aromatic heterocycles. The molecule has 2 amide bonds. The van der Waals surface area contributed by atoms with E-state index < -0.39 is 0 Å². The fourth-order valence-corrected chi connectivity index (χ4v) is 2.91. The van der Waals surface area contributed by atoms with Crippen LogP contribution in [0.25, 0.3) is 10.9 Å². The third-order valence-electron chi connectivity index (χ3n) is 4.17. The number of amides is 2. The number of benzene rings is 1. The summed E-state index contributed by atoms with van der Waals surface area (Å²) in [6.07, 6.45) is 1.98. The fraction of sp³-hybridized carbons (Fsp3) is 0.412. The number of piperazine rings is 1. The van der Waals surface area contributed by atoms with E-state index in [1.165, 1.54) is 0 Å². The van der Waals surface area contributed by atoms with Gasteiger partial charge < -0.3 is 19.5 Å². The number of fused-ring (bicyclic) bond motifs is 1. The van der Waals surface area contributed by atoms with Crippen molar-refractivity contribution in [3.63, 3.8) is 0 Å². The number of carbonyl (C=O) groups excluding carboxylic acids is 2. The molecule has 23 heavy (non-hydrogen) atoms. The van der Waals surface area contributed by atoms with Crippen molar-refractivity contribution in [1.29, 1.82) is 0 Å². The Bertz CT molecular complexity index is 702. The zero-order valence-electron chi connectivity index (χ0n) is 13.2. The van der Waals surface area contributed by atoms with Gasteiger partial charge in [-0.2, -0.15) is 0 Å². The highest BCUT2D eigenvalue weighted by molar-refractivity contribution is 5.89. The smallest absolute Gasteiger partial charge is 0.409 e. The van der Waals surface area contributed by atoms with Gasteiger partial charge in [0.1, 0.15) is 0 Å². The molecule has 2 aromatic rings. The summed E-state index contributed by atoms with van der Waals surface area (Å²) < 4.78 is 4.99. The monoisotopic (exact) mass is 315 g/mol. The molecular weight excluding hydrogens is 294 g/mol. The first-order valence-electron chi connectivity index (χ1n) is 7.93. The van der Waals surface area contributed by atoms with Crippen molar-refractivity contribution in [2.75, 3.05) is 32.8 Å². The summed E-state index contributed by atoms with van der Waals surface area (Å²) in [5, 5.41) is 1.09. The molecular formula is C17H21N3O3. The van der Waals surface area contributed by atoms with Gasteiger partial charge in [0.25, 0.3) is 0 Å². The maximum absolute atomic E-state index is 12.5. The third-order valence-corrected chi connectivity index (χ3v) is 4.17. The number of ether oxygens (including phenoxy) is 1. The lowest BCUT2D eigenvalue weighted by atomic mass is 10.1. The van der Waals surface area contributed by atoms with Crippen LogP contribution in [-0.2, 0) is 16.0 Å². The van der Waals surface area contributed by atoms with E-state index in [2.05, 4.69) is 4.98 Å². The Labute approximate surface area is 135 Å². The number of aromatic nitrogens is 1. The van der Waals surface area contributed by atoms with Crippen molar-refractivity contribution >= 4 is 22.9 Å². The SMILES string of the molecule is CCOC(=O)N1CCN(C(=O)Cc2c[nH]c3ccccc23)CC1. The van der Waals surface area contributed by atoms with E-state index in [9.17, 15) is 9.59 Å². The second kappa shape index (κ2) is 6.73. The van der Waals surface area contributed by atoms with Gasteiger partial charge >= 0.3 is 6.09 Å². The summed E-state index contributed by atoms with van der Waals surface area (Å²) in [5.74, 6) is 0.0956. The molecule has 1 aliphatic rings. The lowest BCUT2D eigenvalue weighted by molar-refractivity contribution is -0.132. The summed E-state index contributed by atoms with van der Waals surface area (Å²) in [6, 6.07) is 7.97. The molecule has 6 heteroatoms. The van der Waals surface area contributed by atoms with Crippen molar-refractivity contribution < 1.29 is 14.3 Å². The van der Waals surface area contributed by atoms with E-state index in [0.29, 0.717) is 39.2 Å². The highest BCUT2D eigenvalue weighted by Crippen LogP contribution is 2.19. The van der Waals surface area contributed by atoms with E-state index in [-0.39, 0.29) is 12.0 Å². The number of nitrogens with one attached hydrogen (secondary N) is 1. The molecule has 3 rings (SSSR count). The van der Waals surface area contributed by atoms with E-state index in [0.717, 1.165) is 16.5 Å². The third kappa shape index (κ3) is 3.31. The minimum atomic E-state index is -0.295. The van der Waals surface area contributed by atoms with Crippen molar-refractivity contribution in [1.82, 2.24) is 14.8 Å². The minimum absolute atomic E-state index is 0.0956. The normalized spacial score (nSPS) is 15.0. The average Bonchev–Trinajstić information content (AvgIpc) is 2.98. The van der Waals surface area contributed by atoms with Crippen molar-refractivity contribution in [2.45, 2.75) is 13.3 Å². The highest BCUT2D eigenvalue weighted by atomic mass is 16.6. The lowest BCUT2D eigenvalue weighted by Crippen LogP contribution is -2.51. The number of nitrogens with zero attached hydrogens (tertiary/aromatic N) is 2. The van der Waals surface area contributed by atoms with E-state index in [1.54, 1.807) is 11.8 Å². The van der Waals surface area contributed by atoms with Gasteiger partial charge in [0.15, 0.2) is 0 Å². The summed E-state index contributed by atoms with van der Waals surface area (Å²) in [4.78, 5) is 30.8. The van der Waals surface area contributed by atoms with Crippen molar-refractivity contribution in [2.24, 2.45) is 0 Å². The molecule has 0 aliphatic carbocycles. The predicted molar refractivity (Wildman–Crippen MR) is 87.2 cm³/mol. The molecule has 1 N–H and O–H groups in total. The molecule has 0 spiro atoms. The molecule has 1 fully saturated rings. The Morgan fingerprint density at radius 1 is 1.13 bits per heavy atom. The summed E-state index contributed by atoms with van der Waals surface area (Å²) in [7, 11) is 0. The largest absolute Gasteiger partial charge is 0.450 e. The Morgan fingerprint density at radius 2 is 1.83 bits per heavy atom. The number of aromatic amines is 1. The molecule has 0 saturated carbocycles. The maximum atomic E-state index is 12.5. The summed E-state index contributed by atoms with van der Waals surface area (Å²) in [6.45, 7) is 4.33. The van der Waals surface area contributed by atoms with Gasteiger partial charge in [0, 0.05) is 43.3 Å². The van der Waals surface area contributed by atoms with Crippen molar-refractivity contribution in [3.8, 4) is 0 Å². The zero-order valence-corrected chi connectivity index (χ0v) is 13.2. The first-order chi connectivity index (χ1) is 11.2. The van der Waals surface area contributed by atoms with Crippen LogP contribution in [-0.4, -0.2) is 59.6 Å². The number of hydrogen-bond acceptors (Lipinski definition) is 3. The number of rotatable bonds is 3.